The summed E-state index contributed by atoms with van der Waals surface area (Å²) in [6.07, 6.45) is 6.37. The van der Waals surface area contributed by atoms with E-state index in [4.69, 9.17) is 11.6 Å². The van der Waals surface area contributed by atoms with E-state index in [1.54, 1.807) is 6.20 Å². The first-order valence-electron chi connectivity index (χ1n) is 5.62. The number of hydrogen-bond donors (Lipinski definition) is 0. The molecule has 0 spiro atoms. The van der Waals surface area contributed by atoms with Crippen LogP contribution in [0.25, 0.3) is 11.1 Å². The summed E-state index contributed by atoms with van der Waals surface area (Å²) in [6, 6.07) is 1.37. The number of fused-ring (bicyclic) bond motifs is 1. The lowest BCUT2D eigenvalue weighted by atomic mass is 10.0. The van der Waals surface area contributed by atoms with Gasteiger partial charge in [-0.25, -0.2) is 4.98 Å². The van der Waals surface area contributed by atoms with Gasteiger partial charge in [-0.1, -0.05) is 11.6 Å². The molecule has 3 nitrogen and oxygen atoms in total. The Morgan fingerprint density at radius 3 is 3.00 bits per heavy atom. The summed E-state index contributed by atoms with van der Waals surface area (Å²) in [7, 11) is 0. The Bertz CT molecular complexity index is 565. The normalized spacial score (nSPS) is 14.7. The quantitative estimate of drug-likeness (QED) is 0.730. The van der Waals surface area contributed by atoms with Crippen LogP contribution in [0, 0.1) is 5.95 Å². The summed E-state index contributed by atoms with van der Waals surface area (Å²) in [4.78, 5) is 3.54. The highest BCUT2D eigenvalue weighted by atomic mass is 35.5. The zero-order chi connectivity index (χ0) is 11.8. The van der Waals surface area contributed by atoms with Gasteiger partial charge >= 0.3 is 0 Å². The van der Waals surface area contributed by atoms with Crippen molar-refractivity contribution >= 4 is 11.6 Å². The Balaban J connectivity index is 2.15. The molecule has 0 unspecified atom stereocenters. The number of aryl methyl sites for hydroxylation is 1. The predicted octanol–water partition coefficient (Wildman–Crippen LogP) is 3.07. The molecule has 0 aliphatic carbocycles. The maximum Gasteiger partial charge on any atom is 0.213 e. The smallest absolute Gasteiger partial charge is 0.213 e. The van der Waals surface area contributed by atoms with E-state index in [0.29, 0.717) is 10.6 Å². The summed E-state index contributed by atoms with van der Waals surface area (Å²) in [5.41, 5.74) is 2.75. The summed E-state index contributed by atoms with van der Waals surface area (Å²) < 4.78 is 15.2. The van der Waals surface area contributed by atoms with Crippen molar-refractivity contribution in [2.24, 2.45) is 0 Å². The summed E-state index contributed by atoms with van der Waals surface area (Å²) in [5.74, 6) is -0.514. The van der Waals surface area contributed by atoms with Gasteiger partial charge in [-0.2, -0.15) is 9.49 Å². The van der Waals surface area contributed by atoms with E-state index in [9.17, 15) is 4.39 Å². The SMILES string of the molecule is Fc1cc(-c2cnn3c2CCCC3)c(Cl)cn1. The molecule has 5 heteroatoms. The molecule has 0 saturated carbocycles. The molecule has 1 aliphatic rings. The van der Waals surface area contributed by atoms with Crippen molar-refractivity contribution in [3.05, 3.63) is 35.1 Å². The third kappa shape index (κ3) is 1.82. The summed E-state index contributed by atoms with van der Waals surface area (Å²) in [5, 5.41) is 4.78. The molecule has 0 atom stereocenters. The van der Waals surface area contributed by atoms with Gasteiger partial charge in [0.1, 0.15) is 0 Å². The number of aromatic nitrogens is 3. The van der Waals surface area contributed by atoms with Gasteiger partial charge in [-0.05, 0) is 19.3 Å². The fourth-order valence-electron chi connectivity index (χ4n) is 2.27. The van der Waals surface area contributed by atoms with Crippen LogP contribution in [-0.2, 0) is 13.0 Å². The molecule has 3 heterocycles. The van der Waals surface area contributed by atoms with Gasteiger partial charge in [0.2, 0.25) is 5.95 Å². The van der Waals surface area contributed by atoms with E-state index in [1.165, 1.54) is 12.3 Å². The third-order valence-electron chi connectivity index (χ3n) is 3.09. The zero-order valence-electron chi connectivity index (χ0n) is 9.16. The highest BCUT2D eigenvalue weighted by Gasteiger charge is 2.18. The lowest BCUT2D eigenvalue weighted by Crippen LogP contribution is -2.11. The molecular formula is C12H11ClFN3. The second kappa shape index (κ2) is 4.11. The van der Waals surface area contributed by atoms with Gasteiger partial charge < -0.3 is 0 Å². The molecule has 2 aromatic heterocycles. The van der Waals surface area contributed by atoms with Crippen molar-refractivity contribution in [2.75, 3.05) is 0 Å². The van der Waals surface area contributed by atoms with Gasteiger partial charge in [0, 0.05) is 35.6 Å². The number of hydrogen-bond acceptors (Lipinski definition) is 2. The maximum absolute atomic E-state index is 13.2. The minimum atomic E-state index is -0.514. The van der Waals surface area contributed by atoms with E-state index in [0.717, 1.165) is 37.1 Å². The van der Waals surface area contributed by atoms with Gasteiger partial charge in [-0.15, -0.1) is 0 Å². The van der Waals surface area contributed by atoms with Crippen molar-refractivity contribution in [2.45, 2.75) is 25.8 Å². The Labute approximate surface area is 103 Å². The molecule has 2 aromatic rings. The van der Waals surface area contributed by atoms with Gasteiger partial charge in [0.05, 0.1) is 11.2 Å². The molecule has 0 bridgehead atoms. The summed E-state index contributed by atoms with van der Waals surface area (Å²) in [6.45, 7) is 0.931. The van der Waals surface area contributed by atoms with Crippen LogP contribution in [0.4, 0.5) is 4.39 Å². The number of nitrogens with zero attached hydrogens (tertiary/aromatic N) is 3. The molecule has 88 valence electrons. The molecule has 1 aliphatic heterocycles. The largest absolute Gasteiger partial charge is 0.269 e. The van der Waals surface area contributed by atoms with E-state index in [2.05, 4.69) is 10.1 Å². The van der Waals surface area contributed by atoms with Crippen LogP contribution in [0.1, 0.15) is 18.5 Å². The minimum absolute atomic E-state index is 0.466. The Morgan fingerprint density at radius 2 is 2.12 bits per heavy atom. The van der Waals surface area contributed by atoms with Crippen molar-refractivity contribution in [3.8, 4) is 11.1 Å². The van der Waals surface area contributed by atoms with Crippen LogP contribution in [0.15, 0.2) is 18.5 Å². The Morgan fingerprint density at radius 1 is 1.24 bits per heavy atom. The fraction of sp³-hybridized carbons (Fsp3) is 0.333. The third-order valence-corrected chi connectivity index (χ3v) is 3.40. The van der Waals surface area contributed by atoms with Crippen LogP contribution >= 0.6 is 11.6 Å². The molecule has 0 aromatic carbocycles. The molecule has 0 amide bonds. The molecular weight excluding hydrogens is 241 g/mol. The van der Waals surface area contributed by atoms with Crippen LogP contribution in [0.2, 0.25) is 5.02 Å². The topological polar surface area (TPSA) is 30.7 Å². The maximum atomic E-state index is 13.2. The molecule has 0 fully saturated rings. The first-order valence-corrected chi connectivity index (χ1v) is 5.99. The Hall–Kier alpha value is -1.42. The lowest BCUT2D eigenvalue weighted by molar-refractivity contribution is 0.487. The number of rotatable bonds is 1. The first-order chi connectivity index (χ1) is 8.25. The molecule has 17 heavy (non-hydrogen) atoms. The zero-order valence-corrected chi connectivity index (χ0v) is 9.91. The average Bonchev–Trinajstić information content (AvgIpc) is 2.76. The molecule has 0 N–H and O–H groups in total. The van der Waals surface area contributed by atoms with E-state index in [-0.39, 0.29) is 0 Å². The standard InChI is InChI=1S/C12H11ClFN3/c13-10-7-15-12(14)5-8(10)9-6-16-17-4-2-1-3-11(9)17/h5-7H,1-4H2. The van der Waals surface area contributed by atoms with E-state index >= 15 is 0 Å². The fourth-order valence-corrected chi connectivity index (χ4v) is 2.47. The second-order valence-corrected chi connectivity index (χ2v) is 4.58. The van der Waals surface area contributed by atoms with Crippen LogP contribution in [0.3, 0.4) is 0 Å². The monoisotopic (exact) mass is 251 g/mol. The van der Waals surface area contributed by atoms with Crippen LogP contribution in [-0.4, -0.2) is 14.8 Å². The summed E-state index contributed by atoms with van der Waals surface area (Å²) >= 11 is 6.06. The highest BCUT2D eigenvalue weighted by molar-refractivity contribution is 6.33. The van der Waals surface area contributed by atoms with Crippen molar-refractivity contribution in [1.82, 2.24) is 14.8 Å². The van der Waals surface area contributed by atoms with Crippen molar-refractivity contribution < 1.29 is 4.39 Å². The van der Waals surface area contributed by atoms with Gasteiger partial charge in [0.25, 0.3) is 0 Å². The van der Waals surface area contributed by atoms with E-state index in [1.807, 2.05) is 4.68 Å². The van der Waals surface area contributed by atoms with Crippen molar-refractivity contribution in [1.29, 1.82) is 0 Å². The Kier molecular flexibility index (Phi) is 2.59. The molecule has 3 rings (SSSR count). The van der Waals surface area contributed by atoms with Gasteiger partial charge in [-0.3, -0.25) is 4.68 Å². The number of halogens is 2. The van der Waals surface area contributed by atoms with Crippen LogP contribution < -0.4 is 0 Å². The average molecular weight is 252 g/mol. The predicted molar refractivity (Wildman–Crippen MR) is 63.4 cm³/mol. The van der Waals surface area contributed by atoms with Crippen LogP contribution in [0.5, 0.6) is 0 Å². The van der Waals surface area contributed by atoms with E-state index < -0.39 is 5.95 Å². The number of pyridine rings is 1. The molecule has 0 radical (unpaired) electrons. The second-order valence-electron chi connectivity index (χ2n) is 4.17. The van der Waals surface area contributed by atoms with Crippen molar-refractivity contribution in [3.63, 3.8) is 0 Å². The van der Waals surface area contributed by atoms with Gasteiger partial charge in [0.15, 0.2) is 0 Å². The molecule has 0 saturated heterocycles. The lowest BCUT2D eigenvalue weighted by Gasteiger charge is -2.15. The highest BCUT2D eigenvalue weighted by Crippen LogP contribution is 2.32. The minimum Gasteiger partial charge on any atom is -0.269 e. The first kappa shape index (κ1) is 10.7.